The molecule has 2 rings (SSSR count). The van der Waals surface area contributed by atoms with Crippen LogP contribution < -0.4 is 0 Å². The number of fused-ring (bicyclic) bond motifs is 1. The highest BCUT2D eigenvalue weighted by atomic mass is 28.4. The lowest BCUT2D eigenvalue weighted by atomic mass is 9.90. The monoisotopic (exact) mass is 483 g/mol. The van der Waals surface area contributed by atoms with Gasteiger partial charge in [0, 0.05) is 19.1 Å². The molecule has 9 nitrogen and oxygen atoms in total. The zero-order chi connectivity index (χ0) is 25.2. The maximum atomic E-state index is 9.18. The van der Waals surface area contributed by atoms with E-state index in [9.17, 15) is 5.53 Å². The van der Waals surface area contributed by atoms with E-state index in [0.717, 1.165) is 0 Å². The number of hydrogen-bond acceptors (Lipinski definition) is 7. The van der Waals surface area contributed by atoms with Gasteiger partial charge in [-0.3, -0.25) is 0 Å². The van der Waals surface area contributed by atoms with E-state index in [-0.39, 0.29) is 6.61 Å². The Labute approximate surface area is 199 Å². The molecule has 2 fully saturated rings. The second-order valence-electron chi connectivity index (χ2n) is 10.1. The molecule has 0 aromatic carbocycles. The molecule has 2 aliphatic heterocycles. The van der Waals surface area contributed by atoms with Crippen molar-refractivity contribution < 1.29 is 28.1 Å². The van der Waals surface area contributed by atoms with Crippen LogP contribution in [0.1, 0.15) is 55.4 Å². The van der Waals surface area contributed by atoms with Crippen LogP contribution in [0.2, 0.25) is 16.6 Å². The predicted molar refractivity (Wildman–Crippen MR) is 128 cm³/mol. The Kier molecular flexibility index (Phi) is 9.05. The van der Waals surface area contributed by atoms with Gasteiger partial charge in [0.15, 0.2) is 8.32 Å². The smallest absolute Gasteiger partial charge is 0.220 e. The molecule has 0 spiro atoms. The van der Waals surface area contributed by atoms with Crippen molar-refractivity contribution in [3.05, 3.63) is 10.4 Å². The zero-order valence-electron chi connectivity index (χ0n) is 21.7. The number of nitrogens with zero attached hydrogens (tertiary/aromatic N) is 3. The molecular weight excluding hydrogens is 442 g/mol. The van der Waals surface area contributed by atoms with E-state index in [2.05, 4.69) is 57.5 Å². The van der Waals surface area contributed by atoms with Gasteiger partial charge >= 0.3 is 0 Å². The summed E-state index contributed by atoms with van der Waals surface area (Å²) in [5, 5.41) is 3.90. The summed E-state index contributed by atoms with van der Waals surface area (Å²) in [4.78, 5) is 2.98. The fourth-order valence-electron chi connectivity index (χ4n) is 5.59. The van der Waals surface area contributed by atoms with Crippen LogP contribution in [0.15, 0.2) is 5.11 Å². The largest absolute Gasteiger partial charge is 0.413 e. The molecule has 0 aliphatic carbocycles. The number of ether oxygens (including phenoxy) is 5. The van der Waals surface area contributed by atoms with Crippen LogP contribution in [0, 0.1) is 12.3 Å². The van der Waals surface area contributed by atoms with Crippen molar-refractivity contribution in [3.63, 3.8) is 0 Å². The molecule has 2 heterocycles. The summed E-state index contributed by atoms with van der Waals surface area (Å²) in [5.74, 6) is 0.106. The van der Waals surface area contributed by atoms with Crippen LogP contribution in [0.3, 0.4) is 0 Å². The van der Waals surface area contributed by atoms with Gasteiger partial charge in [0.1, 0.15) is 30.5 Å². The Balaban J connectivity index is 2.47. The summed E-state index contributed by atoms with van der Waals surface area (Å²) in [6, 6.07) is -0.792. The third kappa shape index (κ3) is 4.84. The molecule has 0 saturated carbocycles. The highest BCUT2D eigenvalue weighted by molar-refractivity contribution is 6.77. The molecule has 7 atom stereocenters. The highest BCUT2D eigenvalue weighted by Crippen LogP contribution is 2.46. The first kappa shape index (κ1) is 28.1. The molecule has 0 unspecified atom stereocenters. The normalized spacial score (nSPS) is 37.0. The lowest BCUT2D eigenvalue weighted by Crippen LogP contribution is -2.72. The molecule has 2 aliphatic rings. The van der Waals surface area contributed by atoms with E-state index in [1.165, 1.54) is 14.2 Å². The summed E-state index contributed by atoms with van der Waals surface area (Å²) < 4.78 is 37.2. The Hall–Kier alpha value is -1.15. The van der Waals surface area contributed by atoms with Crippen LogP contribution >= 0.6 is 0 Å². The lowest BCUT2D eigenvalue weighted by Gasteiger charge is -2.57. The van der Waals surface area contributed by atoms with Crippen LogP contribution in [0.25, 0.3) is 10.4 Å². The van der Waals surface area contributed by atoms with Gasteiger partial charge in [0.25, 0.3) is 0 Å². The fraction of sp³-hybridized carbons (Fsp3) is 0.913. The molecule has 33 heavy (non-hydrogen) atoms. The van der Waals surface area contributed by atoms with E-state index in [1.54, 1.807) is 13.8 Å². The third-order valence-corrected chi connectivity index (χ3v) is 13.6. The Morgan fingerprint density at radius 1 is 1.00 bits per heavy atom. The number of hydrogen-bond donors (Lipinski definition) is 0. The van der Waals surface area contributed by atoms with Crippen molar-refractivity contribution in [1.29, 1.82) is 0 Å². The standard InChI is InChI=1S/C23H41N3O6Si/c1-12-17-19(25-26-24)21-20(31-22(8,27-10)23(9,28-11)32-21)18(30-17)13-29-33(14(2)3,15(4)5)16(6)7/h1,14-21H,13H2,2-11H3/t17-,18+,19-,20+,21+,22-,23-/m0/s1. The molecular formula is C23H41N3O6Si. The maximum absolute atomic E-state index is 9.18. The second kappa shape index (κ2) is 10.6. The quantitative estimate of drug-likeness (QED) is 0.154. The molecule has 0 amide bonds. The number of terminal acetylenes is 1. The fourth-order valence-corrected chi connectivity index (χ4v) is 11.0. The number of rotatable bonds is 9. The average molecular weight is 484 g/mol. The second-order valence-corrected chi connectivity index (χ2v) is 15.5. The van der Waals surface area contributed by atoms with E-state index in [1.807, 2.05) is 0 Å². The first-order chi connectivity index (χ1) is 15.4. The van der Waals surface area contributed by atoms with Crippen LogP contribution in [0.4, 0.5) is 0 Å². The SMILES string of the molecule is C#C[C@@H]1O[C@H](CO[Si](C(C)C)(C(C)C)C(C)C)[C@H]2O[C@](C)(OC)[C@@](C)(OC)O[C@@H]2[C@H]1N=[N+]=[N-]. The van der Waals surface area contributed by atoms with Gasteiger partial charge in [0.2, 0.25) is 11.6 Å². The van der Waals surface area contributed by atoms with Crippen LogP contribution in [0.5, 0.6) is 0 Å². The van der Waals surface area contributed by atoms with Crippen molar-refractivity contribution in [2.45, 2.75) is 114 Å². The first-order valence-corrected chi connectivity index (χ1v) is 13.8. The maximum Gasteiger partial charge on any atom is 0.220 e. The van der Waals surface area contributed by atoms with E-state index in [0.29, 0.717) is 16.6 Å². The van der Waals surface area contributed by atoms with Gasteiger partial charge in [-0.2, -0.15) is 0 Å². The molecule has 0 N–H and O–H groups in total. The molecule has 0 bridgehead atoms. The van der Waals surface area contributed by atoms with Gasteiger partial charge in [-0.15, -0.1) is 6.42 Å². The lowest BCUT2D eigenvalue weighted by molar-refractivity contribution is -0.464. The highest BCUT2D eigenvalue weighted by Gasteiger charge is 2.62. The summed E-state index contributed by atoms with van der Waals surface area (Å²) in [7, 11) is 0.860. The molecule has 188 valence electrons. The minimum Gasteiger partial charge on any atom is -0.413 e. The van der Waals surface area contributed by atoms with Crippen molar-refractivity contribution in [3.8, 4) is 12.3 Å². The molecule has 2 saturated heterocycles. The Bertz CT molecular complexity index is 746. The first-order valence-electron chi connectivity index (χ1n) is 11.6. The van der Waals surface area contributed by atoms with E-state index in [4.69, 9.17) is 34.5 Å². The third-order valence-electron chi connectivity index (χ3n) is 7.54. The molecule has 0 radical (unpaired) electrons. The van der Waals surface area contributed by atoms with Gasteiger partial charge in [-0.1, -0.05) is 52.6 Å². The van der Waals surface area contributed by atoms with Crippen molar-refractivity contribution >= 4 is 8.32 Å². The molecule has 0 aromatic heterocycles. The average Bonchev–Trinajstić information content (AvgIpc) is 2.75. The summed E-state index contributed by atoms with van der Waals surface area (Å²) >= 11 is 0. The minimum absolute atomic E-state index is 0.288. The Morgan fingerprint density at radius 3 is 1.88 bits per heavy atom. The van der Waals surface area contributed by atoms with E-state index < -0.39 is 50.3 Å². The summed E-state index contributed by atoms with van der Waals surface area (Å²) in [6.45, 7) is 17.1. The van der Waals surface area contributed by atoms with E-state index >= 15 is 0 Å². The number of azide groups is 1. The van der Waals surface area contributed by atoms with Gasteiger partial charge in [-0.05, 0) is 36.0 Å². The minimum atomic E-state index is -2.18. The van der Waals surface area contributed by atoms with Crippen molar-refractivity contribution in [2.24, 2.45) is 5.11 Å². The predicted octanol–water partition coefficient (Wildman–Crippen LogP) is 4.77. The van der Waals surface area contributed by atoms with Crippen molar-refractivity contribution in [1.82, 2.24) is 0 Å². The van der Waals surface area contributed by atoms with Gasteiger partial charge < -0.3 is 28.1 Å². The summed E-state index contributed by atoms with van der Waals surface area (Å²) in [6.07, 6.45) is 3.09. The van der Waals surface area contributed by atoms with Crippen LogP contribution in [-0.2, 0) is 28.1 Å². The van der Waals surface area contributed by atoms with Crippen LogP contribution in [-0.4, -0.2) is 71.2 Å². The Morgan fingerprint density at radius 2 is 1.48 bits per heavy atom. The van der Waals surface area contributed by atoms with Gasteiger partial charge in [0.05, 0.1) is 6.61 Å². The topological polar surface area (TPSA) is 104 Å². The zero-order valence-corrected chi connectivity index (χ0v) is 22.7. The molecule has 0 aromatic rings. The van der Waals surface area contributed by atoms with Gasteiger partial charge in [-0.25, -0.2) is 0 Å². The number of methoxy groups -OCH3 is 2. The molecule has 10 heteroatoms. The summed E-state index contributed by atoms with van der Waals surface area (Å²) in [5.41, 5.74) is 10.4. The van der Waals surface area contributed by atoms with Crippen molar-refractivity contribution in [2.75, 3.05) is 20.8 Å².